The number of fused-ring (bicyclic) bond motifs is 1. The number of carboxylic acid groups (broad SMARTS) is 1. The Bertz CT molecular complexity index is 656. The van der Waals surface area contributed by atoms with E-state index in [2.05, 4.69) is 0 Å². The molecule has 0 unspecified atom stereocenters. The number of benzene rings is 1. The second kappa shape index (κ2) is 4.80. The first-order valence-electron chi connectivity index (χ1n) is 6.56. The highest BCUT2D eigenvalue weighted by Crippen LogP contribution is 2.38. The number of nitrogens with zero attached hydrogens (tertiary/aromatic N) is 1. The Kier molecular flexibility index (Phi) is 3.08. The largest absolute Gasteiger partial charge is 0.478 e. The normalized spacial score (nSPS) is 24.3. The van der Waals surface area contributed by atoms with Crippen LogP contribution in [0.3, 0.4) is 0 Å². The third kappa shape index (κ3) is 2.03. The number of carbonyl (C=O) groups excluding carboxylic acids is 2. The number of aromatic carboxylic acids is 1. The molecule has 0 radical (unpaired) electrons. The molecule has 1 N–H and O–H groups in total. The Morgan fingerprint density at radius 2 is 1.71 bits per heavy atom. The zero-order chi connectivity index (χ0) is 15.1. The fraction of sp³-hybridized carbons (Fsp3) is 0.267. The Hall–Kier alpha value is -2.50. The van der Waals surface area contributed by atoms with Crippen molar-refractivity contribution in [2.24, 2.45) is 11.8 Å². The number of hydrogen-bond donors (Lipinski definition) is 1. The lowest BCUT2D eigenvalue weighted by Gasteiger charge is -2.15. The third-order valence-electron chi connectivity index (χ3n) is 3.94. The van der Waals surface area contributed by atoms with Gasteiger partial charge in [-0.05, 0) is 31.0 Å². The molecule has 1 aromatic carbocycles. The Balaban J connectivity index is 1.99. The maximum Gasteiger partial charge on any atom is 0.335 e. The first kappa shape index (κ1) is 13.5. The van der Waals surface area contributed by atoms with Crippen LogP contribution >= 0.6 is 0 Å². The van der Waals surface area contributed by atoms with Crippen molar-refractivity contribution in [3.05, 3.63) is 41.7 Å². The van der Waals surface area contributed by atoms with Gasteiger partial charge < -0.3 is 5.11 Å². The van der Waals surface area contributed by atoms with Gasteiger partial charge in [0.15, 0.2) is 0 Å². The summed E-state index contributed by atoms with van der Waals surface area (Å²) in [7, 11) is 0. The summed E-state index contributed by atoms with van der Waals surface area (Å²) in [5, 5.41) is 8.82. The molecule has 0 spiro atoms. The summed E-state index contributed by atoms with van der Waals surface area (Å²) in [5.41, 5.74) is -0.404. The SMILES string of the molecule is O=C(O)c1ccc(N2C(=O)[C@H]3CC=CC[C@H]3C2=O)c(F)c1. The Morgan fingerprint density at radius 1 is 1.14 bits per heavy atom. The van der Waals surface area contributed by atoms with Crippen LogP contribution in [0.15, 0.2) is 30.4 Å². The van der Waals surface area contributed by atoms with Crippen molar-refractivity contribution in [2.45, 2.75) is 12.8 Å². The molecule has 2 amide bonds. The Labute approximate surface area is 119 Å². The molecule has 1 saturated heterocycles. The molecular formula is C15H12FNO4. The van der Waals surface area contributed by atoms with Crippen LogP contribution in [0.4, 0.5) is 10.1 Å². The predicted octanol–water partition coefficient (Wildman–Crippen LogP) is 1.98. The van der Waals surface area contributed by atoms with E-state index in [1.807, 2.05) is 12.2 Å². The van der Waals surface area contributed by atoms with Crippen molar-refractivity contribution in [3.63, 3.8) is 0 Å². The molecule has 2 aliphatic rings. The van der Waals surface area contributed by atoms with Gasteiger partial charge in [0, 0.05) is 0 Å². The molecule has 3 rings (SSSR count). The number of imide groups is 1. The summed E-state index contributed by atoms with van der Waals surface area (Å²) < 4.78 is 14.1. The van der Waals surface area contributed by atoms with Crippen molar-refractivity contribution in [3.8, 4) is 0 Å². The van der Waals surface area contributed by atoms with Gasteiger partial charge in [-0.25, -0.2) is 14.1 Å². The summed E-state index contributed by atoms with van der Waals surface area (Å²) in [6.07, 6.45) is 4.64. The van der Waals surface area contributed by atoms with E-state index in [9.17, 15) is 18.8 Å². The minimum atomic E-state index is -1.27. The highest BCUT2D eigenvalue weighted by atomic mass is 19.1. The summed E-state index contributed by atoms with van der Waals surface area (Å²) in [6.45, 7) is 0. The summed E-state index contributed by atoms with van der Waals surface area (Å²) in [4.78, 5) is 36.3. The molecule has 1 aliphatic heterocycles. The van der Waals surface area contributed by atoms with E-state index in [4.69, 9.17) is 5.11 Å². The van der Waals surface area contributed by atoms with Gasteiger partial charge in [-0.15, -0.1) is 0 Å². The van der Waals surface area contributed by atoms with E-state index < -0.39 is 35.4 Å². The van der Waals surface area contributed by atoms with Crippen LogP contribution in [-0.2, 0) is 9.59 Å². The van der Waals surface area contributed by atoms with Crippen molar-refractivity contribution in [2.75, 3.05) is 4.90 Å². The van der Waals surface area contributed by atoms with Crippen molar-refractivity contribution in [1.29, 1.82) is 0 Å². The first-order valence-corrected chi connectivity index (χ1v) is 6.56. The molecular weight excluding hydrogens is 277 g/mol. The van der Waals surface area contributed by atoms with E-state index >= 15 is 0 Å². The number of hydrogen-bond acceptors (Lipinski definition) is 3. The van der Waals surface area contributed by atoms with Gasteiger partial charge in [0.25, 0.3) is 0 Å². The van der Waals surface area contributed by atoms with Gasteiger partial charge in [-0.1, -0.05) is 12.2 Å². The molecule has 6 heteroatoms. The predicted molar refractivity (Wildman–Crippen MR) is 71.2 cm³/mol. The quantitative estimate of drug-likeness (QED) is 0.667. The molecule has 108 valence electrons. The number of amides is 2. The lowest BCUT2D eigenvalue weighted by atomic mass is 9.85. The summed E-state index contributed by atoms with van der Waals surface area (Å²) in [5.74, 6) is -3.88. The average molecular weight is 289 g/mol. The second-order valence-electron chi connectivity index (χ2n) is 5.14. The highest BCUT2D eigenvalue weighted by molar-refractivity contribution is 6.22. The van der Waals surface area contributed by atoms with Crippen molar-refractivity contribution < 1.29 is 23.9 Å². The number of carboxylic acids is 1. The average Bonchev–Trinajstić information content (AvgIpc) is 2.72. The number of allylic oxidation sites excluding steroid dienone is 2. The van der Waals surface area contributed by atoms with Crippen LogP contribution in [0.1, 0.15) is 23.2 Å². The molecule has 0 aromatic heterocycles. The minimum absolute atomic E-state index is 0.176. The molecule has 1 heterocycles. The summed E-state index contributed by atoms with van der Waals surface area (Å²) in [6, 6.07) is 3.17. The highest BCUT2D eigenvalue weighted by Gasteiger charge is 2.48. The standard InChI is InChI=1S/C15H12FNO4/c16-11-7-8(15(20)21)5-6-12(11)17-13(18)9-3-1-2-4-10(9)14(17)19/h1-2,5-7,9-10H,3-4H2,(H,20,21)/t9-,10+. The second-order valence-corrected chi connectivity index (χ2v) is 5.14. The van der Waals surface area contributed by atoms with E-state index in [1.165, 1.54) is 12.1 Å². The summed E-state index contributed by atoms with van der Waals surface area (Å²) >= 11 is 0. The van der Waals surface area contributed by atoms with Crippen LogP contribution in [-0.4, -0.2) is 22.9 Å². The van der Waals surface area contributed by atoms with E-state index in [0.29, 0.717) is 12.8 Å². The lowest BCUT2D eigenvalue weighted by molar-refractivity contribution is -0.122. The fourth-order valence-corrected chi connectivity index (χ4v) is 2.86. The van der Waals surface area contributed by atoms with E-state index in [-0.39, 0.29) is 11.3 Å². The molecule has 2 atom stereocenters. The molecule has 0 bridgehead atoms. The Morgan fingerprint density at radius 3 is 2.19 bits per heavy atom. The number of rotatable bonds is 2. The van der Waals surface area contributed by atoms with Crippen LogP contribution < -0.4 is 4.90 Å². The number of halogens is 1. The monoisotopic (exact) mass is 289 g/mol. The van der Waals surface area contributed by atoms with Crippen molar-refractivity contribution in [1.82, 2.24) is 0 Å². The van der Waals surface area contributed by atoms with Gasteiger partial charge in [0.05, 0.1) is 23.1 Å². The smallest absolute Gasteiger partial charge is 0.335 e. The minimum Gasteiger partial charge on any atom is -0.478 e. The zero-order valence-electron chi connectivity index (χ0n) is 11.0. The van der Waals surface area contributed by atoms with E-state index in [0.717, 1.165) is 11.0 Å². The van der Waals surface area contributed by atoms with Gasteiger partial charge >= 0.3 is 5.97 Å². The van der Waals surface area contributed by atoms with Crippen LogP contribution in [0, 0.1) is 17.7 Å². The molecule has 1 fully saturated rings. The number of carbonyl (C=O) groups is 3. The van der Waals surface area contributed by atoms with Crippen LogP contribution in [0.25, 0.3) is 0 Å². The third-order valence-corrected chi connectivity index (χ3v) is 3.94. The fourth-order valence-electron chi connectivity index (χ4n) is 2.86. The molecule has 0 saturated carbocycles. The molecule has 21 heavy (non-hydrogen) atoms. The van der Waals surface area contributed by atoms with Gasteiger partial charge in [0.1, 0.15) is 5.82 Å². The number of anilines is 1. The first-order chi connectivity index (χ1) is 10.0. The van der Waals surface area contributed by atoms with Gasteiger partial charge in [-0.2, -0.15) is 0 Å². The topological polar surface area (TPSA) is 74.7 Å². The molecule has 1 aromatic rings. The van der Waals surface area contributed by atoms with Gasteiger partial charge in [-0.3, -0.25) is 9.59 Å². The van der Waals surface area contributed by atoms with E-state index in [1.54, 1.807) is 0 Å². The maximum absolute atomic E-state index is 14.1. The zero-order valence-corrected chi connectivity index (χ0v) is 11.0. The van der Waals surface area contributed by atoms with Crippen molar-refractivity contribution >= 4 is 23.5 Å². The van der Waals surface area contributed by atoms with Crippen LogP contribution in [0.5, 0.6) is 0 Å². The molecule has 5 nitrogen and oxygen atoms in total. The maximum atomic E-state index is 14.1. The van der Waals surface area contributed by atoms with Gasteiger partial charge in [0.2, 0.25) is 11.8 Å². The van der Waals surface area contributed by atoms with Crippen LogP contribution in [0.2, 0.25) is 0 Å². The molecule has 1 aliphatic carbocycles. The lowest BCUT2D eigenvalue weighted by Crippen LogP contribution is -2.31.